The molecular weight excluding hydrogens is 118 g/mol. The van der Waals surface area contributed by atoms with Crippen LogP contribution in [0.25, 0.3) is 0 Å². The highest BCUT2D eigenvalue weighted by atomic mass is 16.2. The van der Waals surface area contributed by atoms with E-state index >= 15 is 0 Å². The Hall–Kier alpha value is -0.770. The zero-order valence-electron chi connectivity index (χ0n) is 5.26. The minimum absolute atomic E-state index is 0.443. The summed E-state index contributed by atoms with van der Waals surface area (Å²) >= 11 is 0. The Labute approximate surface area is 54.0 Å². The molecule has 0 radical (unpaired) electrons. The van der Waals surface area contributed by atoms with Crippen molar-refractivity contribution in [3.8, 4) is 0 Å². The smallest absolute Gasteiger partial charge is 0.313 e. The van der Waals surface area contributed by atoms with Gasteiger partial charge < -0.3 is 11.1 Å². The van der Waals surface area contributed by atoms with E-state index in [0.717, 1.165) is 13.1 Å². The van der Waals surface area contributed by atoms with Gasteiger partial charge in [-0.2, -0.15) is 0 Å². The van der Waals surface area contributed by atoms with E-state index in [9.17, 15) is 4.79 Å². The molecule has 0 spiro atoms. The minimum Gasteiger partial charge on any atom is -0.352 e. The number of hydrogen-bond donors (Lipinski definition) is 2. The molecule has 0 bridgehead atoms. The van der Waals surface area contributed by atoms with Crippen LogP contribution in [-0.2, 0) is 0 Å². The fourth-order valence-corrected chi connectivity index (χ4v) is 0.730. The minimum atomic E-state index is -0.443. The number of hydrogen-bond acceptors (Lipinski definition) is 2. The second-order valence-electron chi connectivity index (χ2n) is 2.17. The van der Waals surface area contributed by atoms with Gasteiger partial charge in [0, 0.05) is 13.1 Å². The van der Waals surface area contributed by atoms with Crippen molar-refractivity contribution in [3.05, 3.63) is 0 Å². The maximum atomic E-state index is 10.1. The summed E-state index contributed by atoms with van der Waals surface area (Å²) in [4.78, 5) is 12.2. The van der Waals surface area contributed by atoms with Crippen molar-refractivity contribution in [2.24, 2.45) is 5.73 Å². The van der Waals surface area contributed by atoms with Gasteiger partial charge in [0.15, 0.2) is 0 Å². The SMILES string of the molecule is NC(=O)NCN1CCC1. The molecule has 3 N–H and O–H groups in total. The summed E-state index contributed by atoms with van der Waals surface area (Å²) in [6, 6.07) is -0.443. The van der Waals surface area contributed by atoms with Gasteiger partial charge >= 0.3 is 6.03 Å². The molecule has 52 valence electrons. The average molecular weight is 129 g/mol. The maximum Gasteiger partial charge on any atom is 0.313 e. The normalized spacial score (nSPS) is 18.7. The summed E-state index contributed by atoms with van der Waals surface area (Å²) in [7, 11) is 0. The Kier molecular flexibility index (Phi) is 1.89. The van der Waals surface area contributed by atoms with Gasteiger partial charge in [-0.3, -0.25) is 4.90 Å². The van der Waals surface area contributed by atoms with Crippen LogP contribution in [0, 0.1) is 0 Å². The molecule has 1 heterocycles. The lowest BCUT2D eigenvalue weighted by atomic mass is 10.2. The van der Waals surface area contributed by atoms with Gasteiger partial charge in [0.2, 0.25) is 0 Å². The highest BCUT2D eigenvalue weighted by Crippen LogP contribution is 2.01. The first-order valence-corrected chi connectivity index (χ1v) is 3.05. The molecule has 2 amide bonds. The Balaban J connectivity index is 1.97. The van der Waals surface area contributed by atoms with Gasteiger partial charge in [0.1, 0.15) is 0 Å². The molecule has 4 nitrogen and oxygen atoms in total. The number of nitrogens with one attached hydrogen (secondary N) is 1. The molecule has 0 aromatic heterocycles. The van der Waals surface area contributed by atoms with Crippen molar-refractivity contribution < 1.29 is 4.79 Å². The van der Waals surface area contributed by atoms with Crippen LogP contribution < -0.4 is 11.1 Å². The zero-order valence-corrected chi connectivity index (χ0v) is 5.26. The number of likely N-dealkylation sites (tertiary alicyclic amines) is 1. The van der Waals surface area contributed by atoms with Crippen molar-refractivity contribution in [1.82, 2.24) is 10.2 Å². The number of nitrogens with zero attached hydrogens (tertiary/aromatic N) is 1. The molecule has 4 heteroatoms. The Morgan fingerprint density at radius 3 is 2.67 bits per heavy atom. The molecule has 1 aliphatic heterocycles. The van der Waals surface area contributed by atoms with Crippen LogP contribution >= 0.6 is 0 Å². The molecule has 1 fully saturated rings. The summed E-state index contributed by atoms with van der Waals surface area (Å²) in [5.74, 6) is 0. The number of amides is 2. The predicted molar refractivity (Wildman–Crippen MR) is 33.8 cm³/mol. The molecule has 1 saturated heterocycles. The van der Waals surface area contributed by atoms with E-state index in [0.29, 0.717) is 6.67 Å². The summed E-state index contributed by atoms with van der Waals surface area (Å²) in [5.41, 5.74) is 4.84. The molecule has 0 aromatic carbocycles. The van der Waals surface area contributed by atoms with Gasteiger partial charge in [0.25, 0.3) is 0 Å². The fourth-order valence-electron chi connectivity index (χ4n) is 0.730. The van der Waals surface area contributed by atoms with Gasteiger partial charge in [-0.15, -0.1) is 0 Å². The van der Waals surface area contributed by atoms with E-state index < -0.39 is 6.03 Å². The lowest BCUT2D eigenvalue weighted by Gasteiger charge is -2.30. The third kappa shape index (κ3) is 1.89. The van der Waals surface area contributed by atoms with Crippen LogP contribution in [0.4, 0.5) is 4.79 Å². The average Bonchev–Trinajstić information content (AvgIpc) is 1.60. The number of carbonyl (C=O) groups excluding carboxylic acids is 1. The molecule has 0 saturated carbocycles. The van der Waals surface area contributed by atoms with E-state index in [1.54, 1.807) is 0 Å². The quantitative estimate of drug-likeness (QED) is 0.519. The second kappa shape index (κ2) is 2.68. The fraction of sp³-hybridized carbons (Fsp3) is 0.800. The van der Waals surface area contributed by atoms with E-state index in [1.165, 1.54) is 6.42 Å². The lowest BCUT2D eigenvalue weighted by Crippen LogP contribution is -2.46. The molecular formula is C5H11N3O. The Bertz CT molecular complexity index is 111. The maximum absolute atomic E-state index is 10.1. The zero-order chi connectivity index (χ0) is 6.69. The number of rotatable bonds is 2. The number of carbonyl (C=O) groups is 1. The van der Waals surface area contributed by atoms with E-state index in [-0.39, 0.29) is 0 Å². The third-order valence-electron chi connectivity index (χ3n) is 1.43. The van der Waals surface area contributed by atoms with E-state index in [4.69, 9.17) is 5.73 Å². The van der Waals surface area contributed by atoms with Crippen molar-refractivity contribution in [2.75, 3.05) is 19.8 Å². The van der Waals surface area contributed by atoms with Crippen LogP contribution in [0.1, 0.15) is 6.42 Å². The first-order valence-electron chi connectivity index (χ1n) is 3.05. The van der Waals surface area contributed by atoms with Gasteiger partial charge in [-0.1, -0.05) is 0 Å². The predicted octanol–water partition coefficient (Wildman–Crippen LogP) is -0.682. The molecule has 0 atom stereocenters. The Morgan fingerprint density at radius 1 is 1.67 bits per heavy atom. The molecule has 0 unspecified atom stereocenters. The van der Waals surface area contributed by atoms with Crippen LogP contribution in [-0.4, -0.2) is 30.7 Å². The van der Waals surface area contributed by atoms with Crippen molar-refractivity contribution in [3.63, 3.8) is 0 Å². The van der Waals surface area contributed by atoms with Crippen molar-refractivity contribution in [2.45, 2.75) is 6.42 Å². The second-order valence-corrected chi connectivity index (χ2v) is 2.17. The van der Waals surface area contributed by atoms with Gasteiger partial charge in [-0.25, -0.2) is 4.79 Å². The third-order valence-corrected chi connectivity index (χ3v) is 1.43. The number of nitrogens with two attached hydrogens (primary N) is 1. The van der Waals surface area contributed by atoms with Gasteiger partial charge in [-0.05, 0) is 6.42 Å². The number of urea groups is 1. The van der Waals surface area contributed by atoms with E-state index in [2.05, 4.69) is 10.2 Å². The van der Waals surface area contributed by atoms with E-state index in [1.807, 2.05) is 0 Å². The van der Waals surface area contributed by atoms with Crippen molar-refractivity contribution >= 4 is 6.03 Å². The van der Waals surface area contributed by atoms with Gasteiger partial charge in [0.05, 0.1) is 6.67 Å². The largest absolute Gasteiger partial charge is 0.352 e. The van der Waals surface area contributed by atoms with Crippen molar-refractivity contribution in [1.29, 1.82) is 0 Å². The summed E-state index contributed by atoms with van der Waals surface area (Å²) in [6.07, 6.45) is 1.24. The highest BCUT2D eigenvalue weighted by Gasteiger charge is 2.12. The highest BCUT2D eigenvalue weighted by molar-refractivity contribution is 5.71. The van der Waals surface area contributed by atoms with Crippen LogP contribution in [0.3, 0.4) is 0 Å². The molecule has 1 aliphatic rings. The standard InChI is InChI=1S/C5H11N3O/c6-5(9)7-4-8-2-1-3-8/h1-4H2,(H3,6,7,9). The van der Waals surface area contributed by atoms with Crippen LogP contribution in [0.5, 0.6) is 0 Å². The van der Waals surface area contributed by atoms with Crippen LogP contribution in [0.15, 0.2) is 0 Å². The van der Waals surface area contributed by atoms with Crippen LogP contribution in [0.2, 0.25) is 0 Å². The first-order chi connectivity index (χ1) is 4.29. The molecule has 9 heavy (non-hydrogen) atoms. The first kappa shape index (κ1) is 6.35. The summed E-state index contributed by atoms with van der Waals surface area (Å²) in [5, 5.41) is 2.51. The topological polar surface area (TPSA) is 58.4 Å². The molecule has 0 aliphatic carbocycles. The molecule has 1 rings (SSSR count). The Morgan fingerprint density at radius 2 is 2.33 bits per heavy atom. The summed E-state index contributed by atoms with van der Waals surface area (Å²) < 4.78 is 0. The summed E-state index contributed by atoms with van der Waals surface area (Å²) in [6.45, 7) is 2.77. The molecule has 0 aromatic rings. The lowest BCUT2D eigenvalue weighted by molar-refractivity contribution is 0.168. The number of primary amides is 1. The monoisotopic (exact) mass is 129 g/mol.